The zero-order valence-electron chi connectivity index (χ0n) is 25.4. The summed E-state index contributed by atoms with van der Waals surface area (Å²) in [5.74, 6) is 1.69. The van der Waals surface area contributed by atoms with Crippen LogP contribution >= 0.6 is 11.3 Å². The molecule has 1 saturated heterocycles. The van der Waals surface area contributed by atoms with Gasteiger partial charge in [-0.2, -0.15) is 0 Å². The summed E-state index contributed by atoms with van der Waals surface area (Å²) in [7, 11) is 0. The fraction of sp³-hybridized carbons (Fsp3) is 0.324. The maximum Gasteiger partial charge on any atom is 0.217 e. The highest BCUT2D eigenvalue weighted by Gasteiger charge is 2.15. The summed E-state index contributed by atoms with van der Waals surface area (Å²) >= 11 is 1.84. The van der Waals surface area contributed by atoms with E-state index in [-0.39, 0.29) is 33.9 Å². The van der Waals surface area contributed by atoms with Gasteiger partial charge in [-0.25, -0.2) is 0 Å². The number of fused-ring (bicyclic) bond motifs is 1. The lowest BCUT2D eigenvalue weighted by Gasteiger charge is -2.15. The number of terminal acetylenes is 1. The van der Waals surface area contributed by atoms with Gasteiger partial charge in [-0.05, 0) is 104 Å². The average molecular weight is 627 g/mol. The number of rotatable bonds is 11. The van der Waals surface area contributed by atoms with Gasteiger partial charge in [0, 0.05) is 23.0 Å². The Bertz CT molecular complexity index is 1400. The highest BCUT2D eigenvalue weighted by atomic mass is 32.1. The molecule has 9 N–H and O–H groups in total. The predicted molar refractivity (Wildman–Crippen MR) is 181 cm³/mol. The third kappa shape index (κ3) is 11.0. The van der Waals surface area contributed by atoms with Crippen LogP contribution in [0.2, 0.25) is 0 Å². The van der Waals surface area contributed by atoms with Gasteiger partial charge in [-0.1, -0.05) is 30.3 Å². The Labute approximate surface area is 264 Å². The molecule has 0 spiro atoms. The second-order valence-corrected chi connectivity index (χ2v) is 11.1. The Hall–Kier alpha value is -3.95. The van der Waals surface area contributed by atoms with Crippen LogP contribution in [-0.4, -0.2) is 71.6 Å². The Balaban J connectivity index is 0.00000302. The van der Waals surface area contributed by atoms with Crippen molar-refractivity contribution in [1.29, 1.82) is 0 Å². The zero-order valence-corrected chi connectivity index (χ0v) is 26.2. The van der Waals surface area contributed by atoms with Gasteiger partial charge >= 0.3 is 0 Å². The van der Waals surface area contributed by atoms with Crippen LogP contribution in [-0.2, 0) is 11.2 Å². The fourth-order valence-corrected chi connectivity index (χ4v) is 6.25. The largest absolute Gasteiger partial charge is 0.492 e. The van der Waals surface area contributed by atoms with Gasteiger partial charge in [-0.3, -0.25) is 9.69 Å². The molecule has 0 saturated carbocycles. The number of hydrogen-bond acceptors (Lipinski definition) is 5. The number of amides is 1. The van der Waals surface area contributed by atoms with E-state index in [1.54, 1.807) is 0 Å². The second-order valence-electron chi connectivity index (χ2n) is 10.1. The minimum atomic E-state index is -0.0478. The number of nitrogens with one attached hydrogen (secondary N) is 1. The summed E-state index contributed by atoms with van der Waals surface area (Å²) in [5.41, 5.74) is 3.81. The number of hydrogen-bond donors (Lipinski definition) is 1. The monoisotopic (exact) mass is 626 g/mol. The molecule has 1 atom stereocenters. The molecular formula is C34H46N2O7S. The Morgan fingerprint density at radius 1 is 0.886 bits per heavy atom. The molecule has 0 radical (unpaired) electrons. The average Bonchev–Trinajstić information content (AvgIpc) is 3.62. The molecule has 10 heteroatoms. The summed E-state index contributed by atoms with van der Waals surface area (Å²) in [5, 5.41) is 4.16. The highest BCUT2D eigenvalue weighted by molar-refractivity contribution is 7.22. The minimum absolute atomic E-state index is 0. The lowest BCUT2D eigenvalue weighted by atomic mass is 9.99. The van der Waals surface area contributed by atoms with E-state index < -0.39 is 0 Å². The van der Waals surface area contributed by atoms with Crippen LogP contribution in [0.3, 0.4) is 0 Å². The summed E-state index contributed by atoms with van der Waals surface area (Å²) in [6.07, 6.45) is 11.5. The van der Waals surface area contributed by atoms with E-state index in [0.29, 0.717) is 6.61 Å². The van der Waals surface area contributed by atoms with Crippen molar-refractivity contribution in [1.82, 2.24) is 10.2 Å². The molecule has 1 aliphatic heterocycles. The smallest absolute Gasteiger partial charge is 0.217 e. The number of benzene rings is 3. The van der Waals surface area contributed by atoms with Gasteiger partial charge in [0.05, 0.1) is 6.04 Å². The molecule has 4 aromatic rings. The number of ether oxygens (including phenoxy) is 2. The molecule has 0 aliphatic carbocycles. The second kappa shape index (κ2) is 20.1. The van der Waals surface area contributed by atoms with Crippen LogP contribution in [0.15, 0.2) is 72.8 Å². The molecule has 3 aromatic carbocycles. The van der Waals surface area contributed by atoms with Crippen molar-refractivity contribution < 1.29 is 36.2 Å². The standard InChI is InChI=1S/C32H36N2O3S.C2H2.4H2O/c1-23(33-24(2)35)22-37-28-15-11-26(12-16-28)32-30(29-7-3-4-8-31(29)38-32)21-25-9-13-27(14-10-25)36-20-19-34-17-5-6-18-34;1-2;;;;/h3-4,7-16,23H,5-6,17-22H2,1-2H3,(H,33,35);1-2H;4*1H2/t23-;;;;;/m1...../s1. The molecule has 0 unspecified atom stereocenters. The summed E-state index contributed by atoms with van der Waals surface area (Å²) in [6, 6.07) is 25.5. The van der Waals surface area contributed by atoms with Gasteiger partial charge in [0.2, 0.25) is 5.91 Å². The first-order chi connectivity index (χ1) is 19.5. The first-order valence-corrected chi connectivity index (χ1v) is 14.6. The number of likely N-dealkylation sites (tertiary alicyclic amines) is 1. The molecule has 1 fully saturated rings. The zero-order chi connectivity index (χ0) is 28.3. The summed E-state index contributed by atoms with van der Waals surface area (Å²) in [6.45, 7) is 8.04. The van der Waals surface area contributed by atoms with E-state index in [1.165, 1.54) is 64.5 Å². The van der Waals surface area contributed by atoms with Crippen LogP contribution in [0.5, 0.6) is 11.5 Å². The van der Waals surface area contributed by atoms with E-state index in [4.69, 9.17) is 9.47 Å². The van der Waals surface area contributed by atoms with Crippen molar-refractivity contribution >= 4 is 27.3 Å². The minimum Gasteiger partial charge on any atom is -0.492 e. The van der Waals surface area contributed by atoms with E-state index in [9.17, 15) is 4.79 Å². The first-order valence-electron chi connectivity index (χ1n) is 13.8. The number of carbonyl (C=O) groups excluding carboxylic acids is 1. The lowest BCUT2D eigenvalue weighted by Crippen LogP contribution is -2.35. The normalized spacial score (nSPS) is 12.5. The third-order valence-corrected chi connectivity index (χ3v) is 8.21. The third-order valence-electron chi connectivity index (χ3n) is 6.94. The predicted octanol–water partition coefficient (Wildman–Crippen LogP) is 3.49. The van der Waals surface area contributed by atoms with Gasteiger partial charge in [-0.15, -0.1) is 24.2 Å². The lowest BCUT2D eigenvalue weighted by molar-refractivity contribution is -0.119. The number of carbonyl (C=O) groups is 1. The topological polar surface area (TPSA) is 177 Å². The summed E-state index contributed by atoms with van der Waals surface area (Å²) < 4.78 is 13.2. The van der Waals surface area contributed by atoms with Gasteiger partial charge in [0.1, 0.15) is 24.7 Å². The van der Waals surface area contributed by atoms with E-state index in [1.807, 2.05) is 30.4 Å². The maximum absolute atomic E-state index is 11.2. The van der Waals surface area contributed by atoms with Gasteiger partial charge < -0.3 is 36.7 Å². The van der Waals surface area contributed by atoms with Crippen molar-refractivity contribution in [2.24, 2.45) is 0 Å². The molecule has 1 amide bonds. The Morgan fingerprint density at radius 3 is 2.11 bits per heavy atom. The van der Waals surface area contributed by atoms with Crippen LogP contribution in [0.4, 0.5) is 0 Å². The molecule has 9 nitrogen and oxygen atoms in total. The van der Waals surface area contributed by atoms with Crippen LogP contribution < -0.4 is 14.8 Å². The highest BCUT2D eigenvalue weighted by Crippen LogP contribution is 2.40. The molecule has 44 heavy (non-hydrogen) atoms. The van der Waals surface area contributed by atoms with Crippen LogP contribution in [0.1, 0.15) is 37.8 Å². The fourth-order valence-electron chi connectivity index (χ4n) is 5.03. The van der Waals surface area contributed by atoms with Gasteiger partial charge in [0.25, 0.3) is 0 Å². The molecule has 0 bridgehead atoms. The van der Waals surface area contributed by atoms with Crippen LogP contribution in [0.25, 0.3) is 20.5 Å². The van der Waals surface area contributed by atoms with Crippen molar-refractivity contribution in [3.63, 3.8) is 0 Å². The SMILES string of the molecule is C#C.CC(=O)N[C@H](C)COc1ccc(-c2sc3ccccc3c2Cc2ccc(OCCN3CCCC3)cc2)cc1.O.O.O.O. The maximum atomic E-state index is 11.2. The number of nitrogens with zero attached hydrogens (tertiary/aromatic N) is 1. The van der Waals surface area contributed by atoms with Crippen molar-refractivity contribution in [2.45, 2.75) is 39.2 Å². The number of thiophene rings is 1. The molecular weight excluding hydrogens is 580 g/mol. The Kier molecular flexibility index (Phi) is 18.3. The molecule has 240 valence electrons. The van der Waals surface area contributed by atoms with Gasteiger partial charge in [0.15, 0.2) is 0 Å². The molecule has 1 aliphatic rings. The quantitative estimate of drug-likeness (QED) is 0.251. The van der Waals surface area contributed by atoms with Crippen molar-refractivity contribution in [3.05, 3.63) is 83.9 Å². The van der Waals surface area contributed by atoms with Crippen LogP contribution in [0, 0.1) is 12.8 Å². The van der Waals surface area contributed by atoms with E-state index >= 15 is 0 Å². The van der Waals surface area contributed by atoms with E-state index in [2.05, 4.69) is 83.7 Å². The van der Waals surface area contributed by atoms with Crippen molar-refractivity contribution in [2.75, 3.05) is 32.8 Å². The molecule has 2 heterocycles. The van der Waals surface area contributed by atoms with E-state index in [0.717, 1.165) is 31.1 Å². The van der Waals surface area contributed by atoms with Crippen molar-refractivity contribution in [3.8, 4) is 34.8 Å². The Morgan fingerprint density at radius 2 is 1.48 bits per heavy atom. The summed E-state index contributed by atoms with van der Waals surface area (Å²) in [4.78, 5) is 15.0. The molecule has 1 aromatic heterocycles. The molecule has 5 rings (SSSR count). The first kappa shape index (κ1) is 40.1.